The molecule has 1 rings (SSSR count). The third-order valence-electron chi connectivity index (χ3n) is 0.835. The Morgan fingerprint density at radius 3 is 3.11 bits per heavy atom. The van der Waals surface area contributed by atoms with E-state index in [9.17, 15) is 0 Å². The monoisotopic (exact) mass is 158 g/mol. The van der Waals surface area contributed by atoms with Crippen LogP contribution >= 0.6 is 23.8 Å². The van der Waals surface area contributed by atoms with Crippen LogP contribution in [0.25, 0.3) is 0 Å². The zero-order valence-corrected chi connectivity index (χ0v) is 6.63. The highest BCUT2D eigenvalue weighted by atomic mass is 32.1. The molecule has 0 unspecified atom stereocenters. The van der Waals surface area contributed by atoms with Gasteiger partial charge in [0.2, 0.25) is 0 Å². The summed E-state index contributed by atoms with van der Waals surface area (Å²) in [5, 5.41) is 5.75. The van der Waals surface area contributed by atoms with Gasteiger partial charge in [0, 0.05) is 11.8 Å². The lowest BCUT2D eigenvalue weighted by molar-refractivity contribution is 1.06. The molecule has 0 atom stereocenters. The third-order valence-corrected chi connectivity index (χ3v) is 1.53. The van der Waals surface area contributed by atoms with Crippen LogP contribution in [0.2, 0.25) is 0 Å². The quantitative estimate of drug-likeness (QED) is 0.609. The molecule has 0 bridgehead atoms. The fourth-order valence-corrected chi connectivity index (χ4v) is 1.12. The largest absolute Gasteiger partial charge is 0.143 e. The van der Waals surface area contributed by atoms with Crippen LogP contribution < -0.4 is 0 Å². The van der Waals surface area contributed by atoms with E-state index in [4.69, 9.17) is 12.2 Å². The van der Waals surface area contributed by atoms with E-state index in [1.165, 1.54) is 11.5 Å². The zero-order valence-electron chi connectivity index (χ0n) is 5.00. The first-order valence-corrected chi connectivity index (χ1v) is 3.79. The zero-order chi connectivity index (χ0) is 6.69. The number of rotatable bonds is 2. The summed E-state index contributed by atoms with van der Waals surface area (Å²) in [6.45, 7) is 1.91. The molecule has 9 heavy (non-hydrogen) atoms. The summed E-state index contributed by atoms with van der Waals surface area (Å²) in [6.07, 6.45) is 0.784. The minimum Gasteiger partial charge on any atom is -0.143 e. The second-order valence-corrected chi connectivity index (χ2v) is 3.08. The first kappa shape index (κ1) is 6.77. The summed E-state index contributed by atoms with van der Waals surface area (Å²) >= 11 is 6.24. The van der Waals surface area contributed by atoms with Gasteiger partial charge in [0.25, 0.3) is 0 Å². The molecule has 1 aromatic heterocycles. The fourth-order valence-electron chi connectivity index (χ4n) is 0.516. The lowest BCUT2D eigenvalue weighted by Crippen LogP contribution is -1.93. The van der Waals surface area contributed by atoms with Crippen molar-refractivity contribution in [1.29, 1.82) is 0 Å². The molecule has 0 N–H and O–H groups in total. The molecule has 0 radical (unpaired) electrons. The van der Waals surface area contributed by atoms with E-state index in [2.05, 4.69) is 9.59 Å². The maximum atomic E-state index is 4.88. The van der Waals surface area contributed by atoms with Gasteiger partial charge in [0.05, 0.1) is 5.69 Å². The molecule has 0 saturated heterocycles. The van der Waals surface area contributed by atoms with Crippen molar-refractivity contribution < 1.29 is 0 Å². The highest BCUT2D eigenvalue weighted by Gasteiger charge is 1.95. The number of nitrogens with zero attached hydrogens (tertiary/aromatic N) is 2. The molecule has 0 fully saturated rings. The standard InChI is InChI=1S/C5H6N2S2/c1-4(8)2-5-3-9-7-6-5/h3H,2H2,1H3. The third kappa shape index (κ3) is 2.15. The second-order valence-electron chi connectivity index (χ2n) is 1.78. The van der Waals surface area contributed by atoms with Gasteiger partial charge < -0.3 is 0 Å². The van der Waals surface area contributed by atoms with Gasteiger partial charge in [0.15, 0.2) is 0 Å². The Kier molecular flexibility index (Phi) is 2.24. The van der Waals surface area contributed by atoms with Crippen LogP contribution in [-0.2, 0) is 6.42 Å². The Balaban J connectivity index is 2.58. The lowest BCUT2D eigenvalue weighted by Gasteiger charge is -1.86. The predicted octanol–water partition coefficient (Wildman–Crippen LogP) is 1.47. The predicted molar refractivity (Wildman–Crippen MR) is 41.9 cm³/mol. The van der Waals surface area contributed by atoms with Crippen LogP contribution in [0.3, 0.4) is 0 Å². The lowest BCUT2D eigenvalue weighted by atomic mass is 10.3. The van der Waals surface area contributed by atoms with Crippen molar-refractivity contribution in [3.05, 3.63) is 11.1 Å². The van der Waals surface area contributed by atoms with Crippen molar-refractivity contribution in [2.24, 2.45) is 0 Å². The first-order chi connectivity index (χ1) is 4.29. The molecule has 0 spiro atoms. The van der Waals surface area contributed by atoms with Crippen molar-refractivity contribution in [1.82, 2.24) is 9.59 Å². The van der Waals surface area contributed by atoms with Crippen LogP contribution in [0, 0.1) is 0 Å². The number of hydrogen-bond acceptors (Lipinski definition) is 4. The summed E-state index contributed by atoms with van der Waals surface area (Å²) < 4.78 is 3.71. The Labute approximate surface area is 63.1 Å². The Bertz CT molecular complexity index is 193. The van der Waals surface area contributed by atoms with E-state index in [0.717, 1.165) is 17.0 Å². The Hall–Kier alpha value is -0.350. The highest BCUT2D eigenvalue weighted by molar-refractivity contribution is 7.80. The van der Waals surface area contributed by atoms with E-state index < -0.39 is 0 Å². The molecule has 0 aliphatic heterocycles. The summed E-state index contributed by atoms with van der Waals surface area (Å²) in [6, 6.07) is 0. The van der Waals surface area contributed by atoms with Gasteiger partial charge in [-0.1, -0.05) is 16.7 Å². The Morgan fingerprint density at radius 1 is 1.89 bits per heavy atom. The molecular formula is C5H6N2S2. The molecule has 1 heterocycles. The molecule has 1 aromatic rings. The van der Waals surface area contributed by atoms with Gasteiger partial charge in [-0.25, -0.2) is 0 Å². The average molecular weight is 158 g/mol. The van der Waals surface area contributed by atoms with Crippen LogP contribution in [0.15, 0.2) is 5.38 Å². The Morgan fingerprint density at radius 2 is 2.67 bits per heavy atom. The highest BCUT2D eigenvalue weighted by Crippen LogP contribution is 1.98. The van der Waals surface area contributed by atoms with Crippen molar-refractivity contribution in [2.75, 3.05) is 0 Å². The summed E-state index contributed by atoms with van der Waals surface area (Å²) in [7, 11) is 0. The summed E-state index contributed by atoms with van der Waals surface area (Å²) in [5.74, 6) is 0. The van der Waals surface area contributed by atoms with Crippen molar-refractivity contribution in [3.63, 3.8) is 0 Å². The molecule has 4 heteroatoms. The average Bonchev–Trinajstić information content (AvgIpc) is 2.15. The van der Waals surface area contributed by atoms with Crippen molar-refractivity contribution in [2.45, 2.75) is 13.3 Å². The second kappa shape index (κ2) is 2.98. The molecule has 0 saturated carbocycles. The molecule has 2 nitrogen and oxygen atoms in total. The van der Waals surface area contributed by atoms with E-state index in [1.54, 1.807) is 0 Å². The topological polar surface area (TPSA) is 25.8 Å². The van der Waals surface area contributed by atoms with Crippen LogP contribution in [0.1, 0.15) is 12.6 Å². The van der Waals surface area contributed by atoms with Gasteiger partial charge in [-0.15, -0.1) is 5.10 Å². The fraction of sp³-hybridized carbons (Fsp3) is 0.400. The SMILES string of the molecule is CC(=S)Cc1csnn1. The van der Waals surface area contributed by atoms with E-state index in [1.807, 2.05) is 12.3 Å². The van der Waals surface area contributed by atoms with Gasteiger partial charge >= 0.3 is 0 Å². The molecule has 48 valence electrons. The molecule has 0 amide bonds. The molecular weight excluding hydrogens is 152 g/mol. The molecule has 0 aromatic carbocycles. The van der Waals surface area contributed by atoms with E-state index >= 15 is 0 Å². The number of hydrogen-bond donors (Lipinski definition) is 0. The van der Waals surface area contributed by atoms with Crippen molar-refractivity contribution in [3.8, 4) is 0 Å². The maximum absolute atomic E-state index is 4.88. The normalized spacial score (nSPS) is 9.44. The van der Waals surface area contributed by atoms with Gasteiger partial charge in [-0.05, 0) is 23.3 Å². The first-order valence-electron chi connectivity index (χ1n) is 2.54. The van der Waals surface area contributed by atoms with Crippen LogP contribution in [0.5, 0.6) is 0 Å². The summed E-state index contributed by atoms with van der Waals surface area (Å²) in [5.41, 5.74) is 0.979. The van der Waals surface area contributed by atoms with Gasteiger partial charge in [0.1, 0.15) is 0 Å². The van der Waals surface area contributed by atoms with E-state index in [-0.39, 0.29) is 0 Å². The smallest absolute Gasteiger partial charge is 0.0804 e. The minimum absolute atomic E-state index is 0.784. The van der Waals surface area contributed by atoms with Gasteiger partial charge in [-0.2, -0.15) is 0 Å². The number of aromatic nitrogens is 2. The van der Waals surface area contributed by atoms with Crippen LogP contribution in [-0.4, -0.2) is 14.5 Å². The summed E-state index contributed by atoms with van der Waals surface area (Å²) in [4.78, 5) is 0.961. The van der Waals surface area contributed by atoms with Gasteiger partial charge in [-0.3, -0.25) is 0 Å². The maximum Gasteiger partial charge on any atom is 0.0804 e. The minimum atomic E-state index is 0.784. The van der Waals surface area contributed by atoms with Crippen molar-refractivity contribution >= 4 is 28.6 Å². The van der Waals surface area contributed by atoms with Crippen LogP contribution in [0.4, 0.5) is 0 Å². The molecule has 0 aliphatic rings. The molecule has 0 aliphatic carbocycles. The van der Waals surface area contributed by atoms with E-state index in [0.29, 0.717) is 0 Å². The number of thiocarbonyl (C=S) groups is 1.